The lowest BCUT2D eigenvalue weighted by molar-refractivity contribution is 0.570. The topological polar surface area (TPSA) is 33.5 Å². The number of anilines is 3. The first-order valence-electron chi connectivity index (χ1n) is 11.5. The monoisotopic (exact) mass is 469 g/mol. The summed E-state index contributed by atoms with van der Waals surface area (Å²) in [5, 5.41) is 2.47. The number of fused-ring (bicyclic) bond motifs is 5. The van der Waals surface area contributed by atoms with Gasteiger partial charge in [-0.2, -0.15) is 0 Å². The van der Waals surface area contributed by atoms with E-state index in [1.54, 1.807) is 11.8 Å². The summed E-state index contributed by atoms with van der Waals surface area (Å²) in [4.78, 5) is 17.8. The van der Waals surface area contributed by atoms with Gasteiger partial charge in [-0.05, 0) is 53.6 Å². The molecule has 1 aromatic heterocycles. The molecule has 0 saturated heterocycles. The Hall–Kier alpha value is -4.28. The molecule has 1 aliphatic heterocycles. The van der Waals surface area contributed by atoms with Gasteiger partial charge in [0.15, 0.2) is 0 Å². The highest BCUT2D eigenvalue weighted by Gasteiger charge is 2.24. The maximum atomic E-state index is 13.0. The van der Waals surface area contributed by atoms with E-state index in [-0.39, 0.29) is 5.63 Å². The number of rotatable bonds is 2. The van der Waals surface area contributed by atoms with E-state index < -0.39 is 0 Å². The SMILES string of the molecule is O=c1oc2ccccc2c2cccc(-c3ccc(N4c5ccccc5Sc5ccccc54)cc3)c12. The highest BCUT2D eigenvalue weighted by molar-refractivity contribution is 7.99. The maximum absolute atomic E-state index is 13.0. The molecule has 0 radical (unpaired) electrons. The van der Waals surface area contributed by atoms with Gasteiger partial charge in [0.05, 0.1) is 16.8 Å². The summed E-state index contributed by atoms with van der Waals surface area (Å²) in [7, 11) is 0. The van der Waals surface area contributed by atoms with Gasteiger partial charge in [0.1, 0.15) is 5.58 Å². The van der Waals surface area contributed by atoms with Gasteiger partial charge < -0.3 is 9.32 Å². The van der Waals surface area contributed by atoms with Crippen LogP contribution >= 0.6 is 11.8 Å². The van der Waals surface area contributed by atoms with E-state index in [1.165, 1.54) is 21.2 Å². The van der Waals surface area contributed by atoms with Crippen molar-refractivity contribution in [3.8, 4) is 11.1 Å². The fourth-order valence-electron chi connectivity index (χ4n) is 4.94. The largest absolute Gasteiger partial charge is 0.422 e. The van der Waals surface area contributed by atoms with Crippen LogP contribution in [0.4, 0.5) is 17.1 Å². The quantitative estimate of drug-likeness (QED) is 0.188. The van der Waals surface area contributed by atoms with E-state index in [2.05, 4.69) is 77.7 Å². The molecule has 7 rings (SSSR count). The first-order chi connectivity index (χ1) is 17.3. The summed E-state index contributed by atoms with van der Waals surface area (Å²) in [6, 6.07) is 39.1. The minimum Gasteiger partial charge on any atom is -0.422 e. The van der Waals surface area contributed by atoms with Crippen molar-refractivity contribution in [2.45, 2.75) is 9.79 Å². The van der Waals surface area contributed by atoms with Crippen molar-refractivity contribution in [2.75, 3.05) is 4.90 Å². The van der Waals surface area contributed by atoms with Crippen LogP contribution in [0.1, 0.15) is 0 Å². The Morgan fingerprint density at radius 2 is 1.23 bits per heavy atom. The van der Waals surface area contributed by atoms with Gasteiger partial charge in [0.2, 0.25) is 0 Å². The second kappa shape index (κ2) is 7.90. The molecule has 166 valence electrons. The zero-order chi connectivity index (χ0) is 23.4. The van der Waals surface area contributed by atoms with Crippen LogP contribution < -0.4 is 10.5 Å². The average Bonchev–Trinajstić information content (AvgIpc) is 2.91. The van der Waals surface area contributed by atoms with Crippen LogP contribution in [0.25, 0.3) is 32.9 Å². The van der Waals surface area contributed by atoms with Gasteiger partial charge in [-0.1, -0.05) is 84.6 Å². The summed E-state index contributed by atoms with van der Waals surface area (Å²) in [5.41, 5.74) is 5.57. The number of nitrogens with zero attached hydrogens (tertiary/aromatic N) is 1. The molecule has 4 heteroatoms. The maximum Gasteiger partial charge on any atom is 0.344 e. The number of benzene rings is 5. The average molecular weight is 470 g/mol. The second-order valence-corrected chi connectivity index (χ2v) is 9.62. The zero-order valence-corrected chi connectivity index (χ0v) is 19.5. The van der Waals surface area contributed by atoms with E-state index in [0.717, 1.165) is 27.6 Å². The van der Waals surface area contributed by atoms with Crippen LogP contribution in [0.15, 0.2) is 134 Å². The van der Waals surface area contributed by atoms with Crippen molar-refractivity contribution < 1.29 is 4.42 Å². The lowest BCUT2D eigenvalue weighted by Gasteiger charge is -2.32. The Morgan fingerprint density at radius 1 is 0.600 bits per heavy atom. The molecule has 6 aromatic rings. The molecule has 0 aliphatic carbocycles. The van der Waals surface area contributed by atoms with E-state index >= 15 is 0 Å². The first kappa shape index (κ1) is 20.1. The standard InChI is InChI=1S/C31H19NO2S/c33-31-30-22(9-7-10-24(30)23-8-1-4-13-27(23)34-31)20-16-18-21(19-17-20)32-25-11-2-5-14-28(25)35-29-15-6-3-12-26(29)32/h1-19H. The van der Waals surface area contributed by atoms with E-state index in [0.29, 0.717) is 11.0 Å². The van der Waals surface area contributed by atoms with Crippen molar-refractivity contribution in [3.05, 3.63) is 126 Å². The molecule has 0 amide bonds. The minimum absolute atomic E-state index is 0.311. The molecule has 1 aliphatic rings. The Kier molecular flexibility index (Phi) is 4.54. The third-order valence-electron chi connectivity index (χ3n) is 6.52. The second-order valence-electron chi connectivity index (χ2n) is 8.53. The normalized spacial score (nSPS) is 12.5. The van der Waals surface area contributed by atoms with Gasteiger partial charge in [-0.25, -0.2) is 4.79 Å². The van der Waals surface area contributed by atoms with Gasteiger partial charge in [0, 0.05) is 26.3 Å². The highest BCUT2D eigenvalue weighted by atomic mass is 32.2. The van der Waals surface area contributed by atoms with Crippen molar-refractivity contribution in [1.29, 1.82) is 0 Å². The van der Waals surface area contributed by atoms with Crippen LogP contribution in [-0.2, 0) is 0 Å². The lowest BCUT2D eigenvalue weighted by atomic mass is 9.97. The number of para-hydroxylation sites is 3. The Morgan fingerprint density at radius 3 is 1.97 bits per heavy atom. The van der Waals surface area contributed by atoms with Gasteiger partial charge in [-0.15, -0.1) is 0 Å². The van der Waals surface area contributed by atoms with Crippen LogP contribution in [0.3, 0.4) is 0 Å². The molecule has 35 heavy (non-hydrogen) atoms. The fourth-order valence-corrected chi connectivity index (χ4v) is 6.00. The van der Waals surface area contributed by atoms with Gasteiger partial charge in [-0.3, -0.25) is 0 Å². The Labute approximate surface area is 206 Å². The molecular formula is C31H19NO2S. The summed E-state index contributed by atoms with van der Waals surface area (Å²) in [6.45, 7) is 0. The van der Waals surface area contributed by atoms with Gasteiger partial charge >= 0.3 is 5.63 Å². The van der Waals surface area contributed by atoms with Crippen LogP contribution in [-0.4, -0.2) is 0 Å². The molecule has 0 unspecified atom stereocenters. The third-order valence-corrected chi connectivity index (χ3v) is 7.65. The van der Waals surface area contributed by atoms with Crippen molar-refractivity contribution in [3.63, 3.8) is 0 Å². The predicted molar refractivity (Wildman–Crippen MR) is 144 cm³/mol. The van der Waals surface area contributed by atoms with E-state index in [4.69, 9.17) is 4.42 Å². The van der Waals surface area contributed by atoms with Crippen LogP contribution in [0.5, 0.6) is 0 Å². The molecule has 0 fully saturated rings. The summed E-state index contributed by atoms with van der Waals surface area (Å²) in [5.74, 6) is 0. The lowest BCUT2D eigenvalue weighted by Crippen LogP contribution is -2.14. The molecule has 0 spiro atoms. The van der Waals surface area contributed by atoms with E-state index in [9.17, 15) is 4.79 Å². The molecule has 2 heterocycles. The molecule has 0 saturated carbocycles. The van der Waals surface area contributed by atoms with E-state index in [1.807, 2.05) is 42.5 Å². The summed E-state index contributed by atoms with van der Waals surface area (Å²) in [6.07, 6.45) is 0. The van der Waals surface area contributed by atoms with Crippen LogP contribution in [0, 0.1) is 0 Å². The minimum atomic E-state index is -0.311. The molecule has 5 aromatic carbocycles. The summed E-state index contributed by atoms with van der Waals surface area (Å²) >= 11 is 1.80. The predicted octanol–water partition coefficient (Wildman–Crippen LogP) is 8.55. The number of hydrogen-bond donors (Lipinski definition) is 0. The third kappa shape index (κ3) is 3.18. The molecule has 3 nitrogen and oxygen atoms in total. The van der Waals surface area contributed by atoms with Crippen molar-refractivity contribution in [1.82, 2.24) is 0 Å². The Bertz CT molecular complexity index is 1760. The first-order valence-corrected chi connectivity index (χ1v) is 12.3. The molecule has 0 bridgehead atoms. The van der Waals surface area contributed by atoms with Crippen molar-refractivity contribution >= 4 is 50.6 Å². The van der Waals surface area contributed by atoms with Crippen molar-refractivity contribution in [2.24, 2.45) is 0 Å². The Balaban J connectivity index is 1.38. The smallest absolute Gasteiger partial charge is 0.344 e. The van der Waals surface area contributed by atoms with Crippen LogP contribution in [0.2, 0.25) is 0 Å². The number of hydrogen-bond acceptors (Lipinski definition) is 4. The van der Waals surface area contributed by atoms with Gasteiger partial charge in [0.25, 0.3) is 0 Å². The fraction of sp³-hybridized carbons (Fsp3) is 0. The molecule has 0 atom stereocenters. The molecular weight excluding hydrogens is 450 g/mol. The zero-order valence-electron chi connectivity index (χ0n) is 18.6. The summed E-state index contributed by atoms with van der Waals surface area (Å²) < 4.78 is 5.67. The highest BCUT2D eigenvalue weighted by Crippen LogP contribution is 2.51. The molecule has 0 N–H and O–H groups in total.